The largest absolute Gasteiger partial charge is 0.490 e. The van der Waals surface area contributed by atoms with E-state index in [9.17, 15) is 30.7 Å². The molecule has 0 radical (unpaired) electrons. The van der Waals surface area contributed by atoms with Crippen LogP contribution in [0.3, 0.4) is 0 Å². The summed E-state index contributed by atoms with van der Waals surface area (Å²) in [6, 6.07) is 5.26. The van der Waals surface area contributed by atoms with Crippen LogP contribution < -0.4 is 0 Å². The summed E-state index contributed by atoms with van der Waals surface area (Å²) < 4.78 is 88.8. The highest BCUT2D eigenvalue weighted by Crippen LogP contribution is 2.33. The highest BCUT2D eigenvalue weighted by molar-refractivity contribution is 5.73. The van der Waals surface area contributed by atoms with Crippen LogP contribution in [-0.4, -0.2) is 32.4 Å². The fourth-order valence-electron chi connectivity index (χ4n) is 1.80. The Balaban J connectivity index is 0.000000370. The highest BCUT2D eigenvalue weighted by atomic mass is 19.4. The average Bonchev–Trinajstić information content (AvgIpc) is 3.11. The zero-order valence-electron chi connectivity index (χ0n) is 13.8. The molecule has 0 fully saturated rings. The van der Waals surface area contributed by atoms with E-state index in [0.717, 1.165) is 0 Å². The summed E-state index contributed by atoms with van der Waals surface area (Å²) in [5.41, 5.74) is -0.920. The summed E-state index contributed by atoms with van der Waals surface area (Å²) in [5.74, 6) is -3.93. The molecule has 6 nitrogen and oxygen atoms in total. The minimum atomic E-state index is -5.08. The van der Waals surface area contributed by atoms with Gasteiger partial charge in [0.1, 0.15) is 5.82 Å². The summed E-state index contributed by atoms with van der Waals surface area (Å²) in [6.07, 6.45) is -6.69. The van der Waals surface area contributed by atoms with Crippen LogP contribution in [-0.2, 0) is 11.0 Å². The first-order valence-corrected chi connectivity index (χ1v) is 7.30. The van der Waals surface area contributed by atoms with Gasteiger partial charge in [0.2, 0.25) is 5.89 Å². The molecule has 0 saturated carbocycles. The second kappa shape index (κ2) is 8.24. The fraction of sp³-hybridized carbons (Fsp3) is 0.125. The van der Waals surface area contributed by atoms with Crippen LogP contribution >= 0.6 is 0 Å². The Morgan fingerprint density at radius 1 is 1.00 bits per heavy atom. The van der Waals surface area contributed by atoms with Crippen molar-refractivity contribution in [2.75, 3.05) is 0 Å². The van der Waals surface area contributed by atoms with Gasteiger partial charge in [-0.3, -0.25) is 4.98 Å². The average molecular weight is 423 g/mol. The molecule has 3 aromatic rings. The molecule has 1 N–H and O–H groups in total. The molecule has 0 atom stereocenters. The molecule has 0 bridgehead atoms. The highest BCUT2D eigenvalue weighted by Gasteiger charge is 2.38. The molecule has 154 valence electrons. The van der Waals surface area contributed by atoms with Gasteiger partial charge in [-0.15, -0.1) is 10.2 Å². The number of carboxylic acid groups (broad SMARTS) is 1. The molecule has 13 heteroatoms. The zero-order valence-corrected chi connectivity index (χ0v) is 13.8. The minimum absolute atomic E-state index is 0.0416. The molecule has 29 heavy (non-hydrogen) atoms. The molecule has 2 heterocycles. The van der Waals surface area contributed by atoms with Gasteiger partial charge in [0.25, 0.3) is 5.89 Å². The molecule has 0 aliphatic heterocycles. The third-order valence-electron chi connectivity index (χ3n) is 3.10. The third-order valence-corrected chi connectivity index (χ3v) is 3.10. The van der Waals surface area contributed by atoms with E-state index in [-0.39, 0.29) is 11.8 Å². The summed E-state index contributed by atoms with van der Waals surface area (Å²) in [7, 11) is 0. The van der Waals surface area contributed by atoms with E-state index < -0.39 is 35.3 Å². The lowest BCUT2D eigenvalue weighted by atomic mass is 10.1. The monoisotopic (exact) mass is 423 g/mol. The topological polar surface area (TPSA) is 89.1 Å². The number of carboxylic acids is 1. The number of pyridine rings is 1. The number of aromatic nitrogens is 3. The summed E-state index contributed by atoms with van der Waals surface area (Å²) in [5, 5.41) is 14.4. The van der Waals surface area contributed by atoms with Gasteiger partial charge in [-0.2, -0.15) is 26.3 Å². The van der Waals surface area contributed by atoms with Gasteiger partial charge in [0, 0.05) is 12.4 Å². The number of carbonyl (C=O) groups is 1. The van der Waals surface area contributed by atoms with Gasteiger partial charge in [0.15, 0.2) is 0 Å². The Morgan fingerprint density at radius 3 is 2.14 bits per heavy atom. The van der Waals surface area contributed by atoms with Gasteiger partial charge < -0.3 is 9.52 Å². The van der Waals surface area contributed by atoms with Crippen molar-refractivity contribution in [2.45, 2.75) is 12.4 Å². The van der Waals surface area contributed by atoms with Crippen LogP contribution in [0.2, 0.25) is 0 Å². The Hall–Kier alpha value is -3.51. The Morgan fingerprint density at radius 2 is 1.62 bits per heavy atom. The first-order valence-electron chi connectivity index (χ1n) is 7.30. The number of alkyl halides is 6. The van der Waals surface area contributed by atoms with Crippen LogP contribution in [0.4, 0.5) is 30.7 Å². The maximum atomic E-state index is 13.7. The van der Waals surface area contributed by atoms with Crippen molar-refractivity contribution in [2.24, 2.45) is 0 Å². The first kappa shape index (κ1) is 21.8. The fourth-order valence-corrected chi connectivity index (χ4v) is 1.80. The molecule has 0 unspecified atom stereocenters. The predicted octanol–water partition coefficient (Wildman–Crippen LogP) is 4.59. The predicted molar refractivity (Wildman–Crippen MR) is 81.6 cm³/mol. The zero-order chi connectivity index (χ0) is 21.8. The SMILES string of the molecule is Fc1ccc(C(F)(F)F)cc1-c1nnc(-c2cccnc2)o1.O=C(O)C(F)(F)F. The lowest BCUT2D eigenvalue weighted by molar-refractivity contribution is -0.192. The van der Waals surface area contributed by atoms with E-state index in [4.69, 9.17) is 14.3 Å². The van der Waals surface area contributed by atoms with Gasteiger partial charge in [-0.05, 0) is 30.3 Å². The van der Waals surface area contributed by atoms with Crippen molar-refractivity contribution >= 4 is 5.97 Å². The Bertz CT molecular complexity index is 985. The standard InChI is InChI=1S/C14H7F4N3O.C2HF3O2/c15-11-4-3-9(14(16,17)18)6-10(11)13-21-20-12(22-13)8-2-1-5-19-7-8;3-2(4,5)1(6)7/h1-7H;(H,6,7). The van der Waals surface area contributed by atoms with E-state index in [0.29, 0.717) is 23.8 Å². The molecule has 0 aliphatic rings. The maximum Gasteiger partial charge on any atom is 0.490 e. The van der Waals surface area contributed by atoms with Crippen molar-refractivity contribution in [1.82, 2.24) is 15.2 Å². The summed E-state index contributed by atoms with van der Waals surface area (Å²) in [4.78, 5) is 12.8. The Kier molecular flexibility index (Phi) is 6.19. The number of hydrogen-bond acceptors (Lipinski definition) is 5. The van der Waals surface area contributed by atoms with Crippen molar-refractivity contribution in [1.29, 1.82) is 0 Å². The van der Waals surface area contributed by atoms with Crippen LogP contribution in [0.25, 0.3) is 22.9 Å². The molecule has 1 aromatic carbocycles. The number of nitrogens with zero attached hydrogens (tertiary/aromatic N) is 3. The number of hydrogen-bond donors (Lipinski definition) is 1. The third kappa shape index (κ3) is 5.73. The quantitative estimate of drug-likeness (QED) is 0.607. The molecule has 2 aromatic heterocycles. The molecule has 0 spiro atoms. The number of benzene rings is 1. The van der Waals surface area contributed by atoms with Crippen LogP contribution in [0.1, 0.15) is 5.56 Å². The van der Waals surface area contributed by atoms with Crippen molar-refractivity contribution in [3.63, 3.8) is 0 Å². The second-order valence-electron chi connectivity index (χ2n) is 5.15. The molecular weight excluding hydrogens is 415 g/mol. The Labute approximate surface area is 156 Å². The normalized spacial score (nSPS) is 11.6. The lowest BCUT2D eigenvalue weighted by Crippen LogP contribution is -2.21. The summed E-state index contributed by atoms with van der Waals surface area (Å²) in [6.45, 7) is 0. The summed E-state index contributed by atoms with van der Waals surface area (Å²) >= 11 is 0. The van der Waals surface area contributed by atoms with Crippen LogP contribution in [0, 0.1) is 5.82 Å². The van der Waals surface area contributed by atoms with Crippen molar-refractivity contribution < 1.29 is 45.1 Å². The van der Waals surface area contributed by atoms with Gasteiger partial charge in [-0.1, -0.05) is 0 Å². The molecule has 0 amide bonds. The van der Waals surface area contributed by atoms with E-state index in [1.807, 2.05) is 0 Å². The molecular formula is C16H8F7N3O3. The van der Waals surface area contributed by atoms with Crippen LogP contribution in [0.5, 0.6) is 0 Å². The second-order valence-corrected chi connectivity index (χ2v) is 5.15. The molecule has 3 rings (SSSR count). The number of halogens is 7. The minimum Gasteiger partial charge on any atom is -0.475 e. The van der Waals surface area contributed by atoms with E-state index in [1.54, 1.807) is 12.1 Å². The van der Waals surface area contributed by atoms with Gasteiger partial charge in [-0.25, -0.2) is 9.18 Å². The lowest BCUT2D eigenvalue weighted by Gasteiger charge is -2.07. The first-order chi connectivity index (χ1) is 13.4. The maximum absolute atomic E-state index is 13.7. The van der Waals surface area contributed by atoms with E-state index >= 15 is 0 Å². The smallest absolute Gasteiger partial charge is 0.475 e. The van der Waals surface area contributed by atoms with E-state index in [1.165, 1.54) is 12.4 Å². The van der Waals surface area contributed by atoms with Gasteiger partial charge in [0.05, 0.1) is 16.7 Å². The number of aliphatic carboxylic acids is 1. The molecule has 0 aliphatic carbocycles. The molecule has 0 saturated heterocycles. The van der Waals surface area contributed by atoms with Crippen molar-refractivity contribution in [3.8, 4) is 22.9 Å². The van der Waals surface area contributed by atoms with Crippen LogP contribution in [0.15, 0.2) is 47.1 Å². The number of rotatable bonds is 2. The van der Waals surface area contributed by atoms with E-state index in [2.05, 4.69) is 15.2 Å². The van der Waals surface area contributed by atoms with Gasteiger partial charge >= 0.3 is 18.3 Å². The van der Waals surface area contributed by atoms with Crippen molar-refractivity contribution in [3.05, 3.63) is 54.1 Å².